The summed E-state index contributed by atoms with van der Waals surface area (Å²) < 4.78 is 59.5. The predicted molar refractivity (Wildman–Crippen MR) is 121 cm³/mol. The van der Waals surface area contributed by atoms with Crippen molar-refractivity contribution in [3.8, 4) is 28.4 Å². The van der Waals surface area contributed by atoms with Gasteiger partial charge in [-0.1, -0.05) is 26.0 Å². The van der Waals surface area contributed by atoms with Gasteiger partial charge in [-0.05, 0) is 18.2 Å². The average Bonchev–Trinajstić information content (AvgIpc) is 2.84. The largest absolute Gasteiger partial charge is 0.473 e. The number of ether oxygens (including phenoxy) is 1. The van der Waals surface area contributed by atoms with Gasteiger partial charge >= 0.3 is 6.18 Å². The minimum atomic E-state index is -4.47. The van der Waals surface area contributed by atoms with Crippen LogP contribution in [0.4, 0.5) is 17.6 Å². The van der Waals surface area contributed by atoms with Gasteiger partial charge in [0, 0.05) is 49.2 Å². The van der Waals surface area contributed by atoms with E-state index in [2.05, 4.69) is 15.0 Å². The van der Waals surface area contributed by atoms with Crippen LogP contribution in [0.5, 0.6) is 5.88 Å². The summed E-state index contributed by atoms with van der Waals surface area (Å²) in [6, 6.07) is 5.86. The van der Waals surface area contributed by atoms with E-state index < -0.39 is 17.6 Å². The molecule has 0 saturated carbocycles. The van der Waals surface area contributed by atoms with Gasteiger partial charge in [0.2, 0.25) is 11.8 Å². The van der Waals surface area contributed by atoms with Crippen molar-refractivity contribution in [2.24, 2.45) is 5.92 Å². The number of rotatable bonds is 5. The van der Waals surface area contributed by atoms with Crippen LogP contribution >= 0.6 is 0 Å². The Hall–Kier alpha value is -3.56. The molecule has 3 aromatic rings. The minimum absolute atomic E-state index is 0.0751. The Morgan fingerprint density at radius 2 is 1.74 bits per heavy atom. The summed E-state index contributed by atoms with van der Waals surface area (Å²) in [6.45, 7) is 4.84. The summed E-state index contributed by atoms with van der Waals surface area (Å²) in [5, 5.41) is 0. The van der Waals surface area contributed by atoms with E-state index in [1.807, 2.05) is 18.7 Å². The lowest BCUT2D eigenvalue weighted by Crippen LogP contribution is -2.43. The zero-order chi connectivity index (χ0) is 25.2. The van der Waals surface area contributed by atoms with Crippen molar-refractivity contribution in [2.45, 2.75) is 39.0 Å². The number of pyridine rings is 1. The summed E-state index contributed by atoms with van der Waals surface area (Å²) in [5.74, 6) is -0.457. The van der Waals surface area contributed by atoms with Crippen LogP contribution in [0.3, 0.4) is 0 Å². The van der Waals surface area contributed by atoms with E-state index in [1.165, 1.54) is 30.6 Å². The lowest BCUT2D eigenvalue weighted by atomic mass is 10.0. The number of halogens is 4. The van der Waals surface area contributed by atoms with Gasteiger partial charge < -0.3 is 9.64 Å². The molecule has 1 amide bonds. The Balaban J connectivity index is 1.61. The number of likely N-dealkylation sites (tertiary alicyclic amines) is 1. The second-order valence-corrected chi connectivity index (χ2v) is 8.63. The first-order valence-corrected chi connectivity index (χ1v) is 11.2. The van der Waals surface area contributed by atoms with Crippen LogP contribution in [0.2, 0.25) is 0 Å². The predicted octanol–water partition coefficient (Wildman–Crippen LogP) is 5.39. The third-order valence-corrected chi connectivity index (χ3v) is 5.80. The second-order valence-electron chi connectivity index (χ2n) is 8.63. The summed E-state index contributed by atoms with van der Waals surface area (Å²) in [6.07, 6.45) is 0.346. The summed E-state index contributed by atoms with van der Waals surface area (Å²) in [5.41, 5.74) is 0.00478. The first-order valence-electron chi connectivity index (χ1n) is 11.2. The molecule has 0 spiro atoms. The number of carbonyl (C=O) groups is 1. The summed E-state index contributed by atoms with van der Waals surface area (Å²) in [7, 11) is 0. The van der Waals surface area contributed by atoms with Crippen LogP contribution in [0, 0.1) is 11.7 Å². The smallest absolute Gasteiger partial charge is 0.416 e. The van der Waals surface area contributed by atoms with Gasteiger partial charge in [0.25, 0.3) is 0 Å². The molecule has 6 nitrogen and oxygen atoms in total. The number of hydrogen-bond donors (Lipinski definition) is 0. The molecule has 1 aliphatic rings. The molecular formula is C25H24F4N4O2. The van der Waals surface area contributed by atoms with Gasteiger partial charge in [0.05, 0.1) is 23.7 Å². The molecule has 184 valence electrons. The van der Waals surface area contributed by atoms with Crippen molar-refractivity contribution in [3.63, 3.8) is 0 Å². The third kappa shape index (κ3) is 5.58. The standard InChI is InChI=1S/C25H24F4N4O2/c1-15(2)24(34)33-11-8-18(9-12-33)35-21-14-31-22(16-3-5-17(6-4-16)25(27,28)29)23(32-21)19-7-10-30-13-20(19)26/h3-7,10,13-15,18H,8-9,11-12H2,1-2H3. The highest BCUT2D eigenvalue weighted by molar-refractivity contribution is 5.79. The van der Waals surface area contributed by atoms with E-state index in [0.717, 1.165) is 18.3 Å². The van der Waals surface area contributed by atoms with Crippen LogP contribution in [0.1, 0.15) is 32.3 Å². The van der Waals surface area contributed by atoms with Crippen molar-refractivity contribution < 1.29 is 27.1 Å². The van der Waals surface area contributed by atoms with Gasteiger partial charge in [-0.15, -0.1) is 0 Å². The van der Waals surface area contributed by atoms with Crippen molar-refractivity contribution >= 4 is 5.91 Å². The molecule has 0 unspecified atom stereocenters. The topological polar surface area (TPSA) is 68.2 Å². The van der Waals surface area contributed by atoms with Crippen LogP contribution in [0.25, 0.3) is 22.5 Å². The molecular weight excluding hydrogens is 464 g/mol. The lowest BCUT2D eigenvalue weighted by molar-refractivity contribution is -0.138. The maximum atomic E-state index is 14.6. The summed E-state index contributed by atoms with van der Waals surface area (Å²) in [4.78, 5) is 26.6. The maximum absolute atomic E-state index is 14.6. The maximum Gasteiger partial charge on any atom is 0.416 e. The number of piperidine rings is 1. The first-order chi connectivity index (χ1) is 16.6. The molecule has 0 N–H and O–H groups in total. The van der Waals surface area contributed by atoms with Crippen molar-refractivity contribution in [1.29, 1.82) is 0 Å². The zero-order valence-electron chi connectivity index (χ0n) is 19.2. The third-order valence-electron chi connectivity index (χ3n) is 5.80. The Morgan fingerprint density at radius 3 is 2.34 bits per heavy atom. The molecule has 0 aliphatic carbocycles. The van der Waals surface area contributed by atoms with Crippen LogP contribution < -0.4 is 4.74 Å². The fourth-order valence-corrected chi connectivity index (χ4v) is 3.94. The van der Waals surface area contributed by atoms with Crippen LogP contribution in [-0.2, 0) is 11.0 Å². The SMILES string of the molecule is CC(C)C(=O)N1CCC(Oc2cnc(-c3ccc(C(F)(F)F)cc3)c(-c3ccncc3F)n2)CC1. The molecule has 10 heteroatoms. The molecule has 1 fully saturated rings. The quantitative estimate of drug-likeness (QED) is 0.451. The number of amides is 1. The molecule has 3 heterocycles. The molecule has 2 aromatic heterocycles. The van der Waals surface area contributed by atoms with E-state index in [4.69, 9.17) is 4.74 Å². The molecule has 0 atom stereocenters. The number of nitrogens with zero attached hydrogens (tertiary/aromatic N) is 4. The fraction of sp³-hybridized carbons (Fsp3) is 0.360. The van der Waals surface area contributed by atoms with E-state index in [1.54, 1.807) is 0 Å². The molecule has 35 heavy (non-hydrogen) atoms. The molecule has 1 aromatic carbocycles. The molecule has 1 saturated heterocycles. The van der Waals surface area contributed by atoms with E-state index in [9.17, 15) is 22.4 Å². The Morgan fingerprint density at radius 1 is 1.06 bits per heavy atom. The van der Waals surface area contributed by atoms with Gasteiger partial charge in [0.15, 0.2) is 5.82 Å². The molecule has 0 bridgehead atoms. The minimum Gasteiger partial charge on any atom is -0.473 e. The van der Waals surface area contributed by atoms with Gasteiger partial charge in [0.1, 0.15) is 11.8 Å². The zero-order valence-corrected chi connectivity index (χ0v) is 19.2. The van der Waals surface area contributed by atoms with Gasteiger partial charge in [-0.25, -0.2) is 14.4 Å². The lowest BCUT2D eigenvalue weighted by Gasteiger charge is -2.33. The van der Waals surface area contributed by atoms with E-state index >= 15 is 0 Å². The van der Waals surface area contributed by atoms with Gasteiger partial charge in [-0.3, -0.25) is 9.78 Å². The Kier molecular flexibility index (Phi) is 7.00. The van der Waals surface area contributed by atoms with Crippen molar-refractivity contribution in [3.05, 3.63) is 60.3 Å². The summed E-state index contributed by atoms with van der Waals surface area (Å²) >= 11 is 0. The number of aromatic nitrogens is 3. The Bertz CT molecular complexity index is 1190. The number of benzene rings is 1. The Labute approximate surface area is 200 Å². The van der Waals surface area contributed by atoms with Crippen molar-refractivity contribution in [1.82, 2.24) is 19.9 Å². The average molecular weight is 488 g/mol. The van der Waals surface area contributed by atoms with Crippen LogP contribution in [0.15, 0.2) is 48.9 Å². The molecule has 4 rings (SSSR count). The monoisotopic (exact) mass is 488 g/mol. The van der Waals surface area contributed by atoms with Crippen molar-refractivity contribution in [2.75, 3.05) is 13.1 Å². The number of hydrogen-bond acceptors (Lipinski definition) is 5. The molecule has 0 radical (unpaired) electrons. The first kappa shape index (κ1) is 24.6. The van der Waals surface area contributed by atoms with Gasteiger partial charge in [-0.2, -0.15) is 13.2 Å². The number of alkyl halides is 3. The highest BCUT2D eigenvalue weighted by atomic mass is 19.4. The van der Waals surface area contributed by atoms with E-state index in [0.29, 0.717) is 31.5 Å². The fourth-order valence-electron chi connectivity index (χ4n) is 3.94. The highest BCUT2D eigenvalue weighted by Crippen LogP contribution is 2.35. The number of carbonyl (C=O) groups excluding carboxylic acids is 1. The highest BCUT2D eigenvalue weighted by Gasteiger charge is 2.30. The normalized spacial score (nSPS) is 14.9. The second kappa shape index (κ2) is 9.97. The molecule has 1 aliphatic heterocycles. The van der Waals surface area contributed by atoms with Crippen LogP contribution in [-0.4, -0.2) is 45.0 Å². The van der Waals surface area contributed by atoms with E-state index in [-0.39, 0.29) is 40.8 Å².